The molecule has 0 bridgehead atoms. The molecule has 35 heavy (non-hydrogen) atoms. The maximum Gasteiger partial charge on any atom is 0.326 e. The third kappa shape index (κ3) is 8.33. The van der Waals surface area contributed by atoms with Gasteiger partial charge in [0, 0.05) is 24.9 Å². The number of carboxylic acids is 1. The van der Waals surface area contributed by atoms with Crippen molar-refractivity contribution in [3.63, 3.8) is 0 Å². The highest BCUT2D eigenvalue weighted by Crippen LogP contribution is 2.19. The van der Waals surface area contributed by atoms with E-state index < -0.39 is 54.3 Å². The van der Waals surface area contributed by atoms with E-state index in [1.807, 2.05) is 0 Å². The number of hydrogen-bond donors (Lipinski definition) is 7. The number of carboxylic acid groups (broad SMARTS) is 1. The van der Waals surface area contributed by atoms with Gasteiger partial charge in [0.1, 0.15) is 18.1 Å². The summed E-state index contributed by atoms with van der Waals surface area (Å²) in [6, 6.07) is -4.41. The van der Waals surface area contributed by atoms with E-state index in [-0.39, 0.29) is 12.3 Å². The van der Waals surface area contributed by atoms with Crippen LogP contribution in [-0.2, 0) is 30.4 Å². The minimum atomic E-state index is -1.42. The molecule has 4 atom stereocenters. The molecule has 2 rings (SSSR count). The lowest BCUT2D eigenvalue weighted by molar-refractivity contribution is -0.143. The van der Waals surface area contributed by atoms with Gasteiger partial charge in [-0.1, -0.05) is 6.42 Å². The van der Waals surface area contributed by atoms with E-state index in [4.69, 9.17) is 17.2 Å². The molecule has 1 aromatic rings. The normalized spacial score (nSPS) is 17.9. The third-order valence-electron chi connectivity index (χ3n) is 5.76. The third-order valence-corrected chi connectivity index (χ3v) is 5.76. The minimum Gasteiger partial charge on any atom is -0.480 e. The molecule has 4 amide bonds. The van der Waals surface area contributed by atoms with E-state index >= 15 is 0 Å². The number of aromatic nitrogens is 2. The summed E-state index contributed by atoms with van der Waals surface area (Å²) >= 11 is 0. The Bertz CT molecular complexity index is 892. The van der Waals surface area contributed by atoms with Crippen LogP contribution in [0.1, 0.15) is 44.2 Å². The van der Waals surface area contributed by atoms with Crippen LogP contribution in [0.3, 0.4) is 0 Å². The van der Waals surface area contributed by atoms with E-state index in [1.54, 1.807) is 0 Å². The summed E-state index contributed by atoms with van der Waals surface area (Å²) in [6.45, 7) is 0.822. The summed E-state index contributed by atoms with van der Waals surface area (Å²) in [6.07, 6.45) is 4.90. The first-order chi connectivity index (χ1) is 16.6. The number of nitrogens with zero attached hydrogens (tertiary/aromatic N) is 2. The SMILES string of the molecule is NCCCCC(N)C(=O)N1CCCC1C(=O)NC(CC(N)=O)C(=O)NC(Cc1cnc[nH]1)C(=O)O. The molecular weight excluding hydrogens is 460 g/mol. The highest BCUT2D eigenvalue weighted by molar-refractivity contribution is 5.96. The van der Waals surface area contributed by atoms with Gasteiger partial charge in [-0.25, -0.2) is 9.78 Å². The maximum atomic E-state index is 13.0. The summed E-state index contributed by atoms with van der Waals surface area (Å²) in [5.74, 6) is -4.09. The molecule has 0 radical (unpaired) electrons. The molecule has 14 heteroatoms. The highest BCUT2D eigenvalue weighted by Gasteiger charge is 2.38. The molecule has 0 saturated carbocycles. The van der Waals surface area contributed by atoms with Crippen molar-refractivity contribution in [2.24, 2.45) is 17.2 Å². The topological polar surface area (TPSA) is 240 Å². The Morgan fingerprint density at radius 1 is 1.20 bits per heavy atom. The average molecular weight is 495 g/mol. The molecule has 1 aliphatic heterocycles. The average Bonchev–Trinajstić information content (AvgIpc) is 3.49. The largest absolute Gasteiger partial charge is 0.480 e. The van der Waals surface area contributed by atoms with Crippen LogP contribution in [0, 0.1) is 0 Å². The van der Waals surface area contributed by atoms with Gasteiger partial charge >= 0.3 is 5.97 Å². The zero-order valence-electron chi connectivity index (χ0n) is 19.4. The number of likely N-dealkylation sites (tertiary alicyclic amines) is 1. The molecule has 1 saturated heterocycles. The van der Waals surface area contributed by atoms with Gasteiger partial charge in [0.25, 0.3) is 0 Å². The van der Waals surface area contributed by atoms with E-state index in [1.165, 1.54) is 17.4 Å². The number of carbonyl (C=O) groups is 5. The zero-order valence-corrected chi connectivity index (χ0v) is 19.4. The molecule has 1 aliphatic rings. The van der Waals surface area contributed by atoms with E-state index in [0.717, 1.165) is 6.42 Å². The van der Waals surface area contributed by atoms with E-state index in [9.17, 15) is 29.1 Å². The number of nitrogens with one attached hydrogen (secondary N) is 3. The van der Waals surface area contributed by atoms with Crippen molar-refractivity contribution in [1.29, 1.82) is 0 Å². The van der Waals surface area contributed by atoms with Gasteiger partial charge in [0.15, 0.2) is 0 Å². The maximum absolute atomic E-state index is 13.0. The predicted molar refractivity (Wildman–Crippen MR) is 123 cm³/mol. The summed E-state index contributed by atoms with van der Waals surface area (Å²) in [5.41, 5.74) is 17.2. The number of carbonyl (C=O) groups excluding carboxylic acids is 4. The van der Waals surface area contributed by atoms with Crippen LogP contribution in [-0.4, -0.2) is 86.8 Å². The number of hydrogen-bond acceptors (Lipinski definition) is 8. The van der Waals surface area contributed by atoms with Gasteiger partial charge in [0.05, 0.1) is 18.8 Å². The smallest absolute Gasteiger partial charge is 0.326 e. The van der Waals surface area contributed by atoms with E-state index in [2.05, 4.69) is 20.6 Å². The molecule has 1 aromatic heterocycles. The Kier molecular flexibility index (Phi) is 10.6. The van der Waals surface area contributed by atoms with Crippen LogP contribution < -0.4 is 27.8 Å². The first-order valence-corrected chi connectivity index (χ1v) is 11.5. The number of H-pyrrole nitrogens is 1. The van der Waals surface area contributed by atoms with E-state index in [0.29, 0.717) is 44.5 Å². The predicted octanol–water partition coefficient (Wildman–Crippen LogP) is -2.67. The molecule has 194 valence electrons. The lowest BCUT2D eigenvalue weighted by Gasteiger charge is -2.28. The zero-order chi connectivity index (χ0) is 26.0. The Hall–Kier alpha value is -3.52. The molecule has 10 N–H and O–H groups in total. The molecule has 14 nitrogen and oxygen atoms in total. The summed E-state index contributed by atoms with van der Waals surface area (Å²) in [7, 11) is 0. The number of amides is 4. The molecule has 0 aliphatic carbocycles. The van der Waals surface area contributed by atoms with Crippen LogP contribution in [0.4, 0.5) is 0 Å². The van der Waals surface area contributed by atoms with Gasteiger partial charge < -0.3 is 42.8 Å². The first-order valence-electron chi connectivity index (χ1n) is 11.5. The van der Waals surface area contributed by atoms with Crippen LogP contribution in [0.25, 0.3) is 0 Å². The van der Waals surface area contributed by atoms with Crippen molar-refractivity contribution in [2.75, 3.05) is 13.1 Å². The van der Waals surface area contributed by atoms with Gasteiger partial charge in [-0.3, -0.25) is 19.2 Å². The van der Waals surface area contributed by atoms with Gasteiger partial charge in [-0.05, 0) is 32.2 Å². The minimum absolute atomic E-state index is 0.0920. The van der Waals surface area contributed by atoms with Crippen LogP contribution in [0.5, 0.6) is 0 Å². The standard InChI is InChI=1S/C21H34N8O6/c22-6-2-1-4-13(23)20(33)29-7-3-5-16(29)19(32)27-14(9-17(24)30)18(31)28-15(21(34)35)8-12-10-25-11-26-12/h10-11,13-16H,1-9,22-23H2,(H2,24,30)(H,25,26)(H,27,32)(H,28,31)(H,34,35). The monoisotopic (exact) mass is 494 g/mol. The molecule has 4 unspecified atom stereocenters. The summed E-state index contributed by atoms with van der Waals surface area (Å²) < 4.78 is 0. The second-order valence-electron chi connectivity index (χ2n) is 8.49. The number of aromatic amines is 1. The molecule has 1 fully saturated rings. The Balaban J connectivity index is 2.06. The lowest BCUT2D eigenvalue weighted by atomic mass is 10.1. The van der Waals surface area contributed by atoms with Crippen molar-refractivity contribution < 1.29 is 29.1 Å². The second kappa shape index (κ2) is 13.4. The molecular formula is C21H34N8O6. The number of imidazole rings is 1. The van der Waals surface area contributed by atoms with Crippen molar-refractivity contribution in [2.45, 2.75) is 69.1 Å². The Morgan fingerprint density at radius 3 is 2.54 bits per heavy atom. The van der Waals surface area contributed by atoms with Crippen molar-refractivity contribution >= 4 is 29.6 Å². The second-order valence-corrected chi connectivity index (χ2v) is 8.49. The van der Waals surface area contributed by atoms with Crippen molar-refractivity contribution in [3.8, 4) is 0 Å². The van der Waals surface area contributed by atoms with Crippen LogP contribution in [0.2, 0.25) is 0 Å². The Morgan fingerprint density at radius 2 is 1.94 bits per heavy atom. The summed E-state index contributed by atoms with van der Waals surface area (Å²) in [5, 5.41) is 14.2. The number of unbranched alkanes of at least 4 members (excludes halogenated alkanes) is 1. The fourth-order valence-electron chi connectivity index (χ4n) is 3.92. The van der Waals surface area contributed by atoms with Gasteiger partial charge in [-0.15, -0.1) is 0 Å². The van der Waals surface area contributed by atoms with Crippen molar-refractivity contribution in [3.05, 3.63) is 18.2 Å². The molecule has 2 heterocycles. The van der Waals surface area contributed by atoms with Crippen LogP contribution in [0.15, 0.2) is 12.5 Å². The van der Waals surface area contributed by atoms with Gasteiger partial charge in [0.2, 0.25) is 23.6 Å². The molecule has 0 spiro atoms. The Labute approximate surface area is 202 Å². The molecule has 0 aromatic carbocycles. The van der Waals surface area contributed by atoms with Crippen LogP contribution >= 0.6 is 0 Å². The lowest BCUT2D eigenvalue weighted by Crippen LogP contribution is -2.57. The fraction of sp³-hybridized carbons (Fsp3) is 0.619. The number of rotatable bonds is 14. The fourth-order valence-corrected chi connectivity index (χ4v) is 3.92. The number of primary amides is 1. The quantitative estimate of drug-likeness (QED) is 0.133. The van der Waals surface area contributed by atoms with Gasteiger partial charge in [-0.2, -0.15) is 0 Å². The van der Waals surface area contributed by atoms with Crippen molar-refractivity contribution in [1.82, 2.24) is 25.5 Å². The first kappa shape index (κ1) is 27.7. The highest BCUT2D eigenvalue weighted by atomic mass is 16.4. The number of nitrogens with two attached hydrogens (primary N) is 3. The number of aliphatic carboxylic acids is 1. The summed E-state index contributed by atoms with van der Waals surface area (Å²) in [4.78, 5) is 69.7.